The summed E-state index contributed by atoms with van der Waals surface area (Å²) in [6.45, 7) is 0. The van der Waals surface area contributed by atoms with Crippen LogP contribution in [0.4, 0.5) is 10.5 Å². The number of nitro groups is 1. The number of hydrogen-bond donors (Lipinski definition) is 0. The summed E-state index contributed by atoms with van der Waals surface area (Å²) in [6, 6.07) is 5.41. The van der Waals surface area contributed by atoms with Crippen molar-refractivity contribution in [3.05, 3.63) is 34.4 Å². The molecule has 6 nitrogen and oxygen atoms in total. The first kappa shape index (κ1) is 10.7. The largest absolute Gasteiger partial charge is 0.514 e. The van der Waals surface area contributed by atoms with E-state index in [9.17, 15) is 14.9 Å². The molecule has 0 unspecified atom stereocenters. The molecule has 6 heteroatoms. The van der Waals surface area contributed by atoms with Gasteiger partial charge in [-0.25, -0.2) is 4.79 Å². The number of benzene rings is 1. The number of nitrogens with zero attached hydrogens (tertiary/aromatic N) is 1. The summed E-state index contributed by atoms with van der Waals surface area (Å²) >= 11 is 0. The molecule has 0 spiro atoms. The Balaban J connectivity index is 1.23. The summed E-state index contributed by atoms with van der Waals surface area (Å²) in [5, 5.41) is 10.5. The molecule has 0 aromatic heterocycles. The van der Waals surface area contributed by atoms with Crippen LogP contribution in [0.25, 0.3) is 0 Å². The molecule has 0 heterocycles. The van der Waals surface area contributed by atoms with E-state index in [4.69, 9.17) is 9.47 Å². The SMILES string of the molecule is O=C(Oc1ccc([N+](=O)[O-])cc1)OC1C2C3C2C2C1C32. The maximum Gasteiger partial charge on any atom is 0.514 e. The Hall–Kier alpha value is -2.11. The monoisotopic (exact) mass is 273 g/mol. The fourth-order valence-corrected chi connectivity index (χ4v) is 4.83. The molecule has 5 aliphatic carbocycles. The van der Waals surface area contributed by atoms with E-state index in [1.54, 1.807) is 0 Å². The molecule has 0 radical (unpaired) electrons. The number of carbonyl (C=O) groups is 1. The third-order valence-electron chi connectivity index (χ3n) is 5.51. The van der Waals surface area contributed by atoms with Crippen molar-refractivity contribution in [2.75, 3.05) is 0 Å². The summed E-state index contributed by atoms with van der Waals surface area (Å²) < 4.78 is 10.5. The van der Waals surface area contributed by atoms with Crippen LogP contribution in [0.5, 0.6) is 5.75 Å². The van der Waals surface area contributed by atoms with Gasteiger partial charge in [-0.15, -0.1) is 0 Å². The second-order valence-electron chi connectivity index (χ2n) is 6.15. The van der Waals surface area contributed by atoms with Crippen molar-refractivity contribution in [2.24, 2.45) is 35.5 Å². The van der Waals surface area contributed by atoms with Crippen molar-refractivity contribution in [1.82, 2.24) is 0 Å². The van der Waals surface area contributed by atoms with Gasteiger partial charge in [0.1, 0.15) is 11.9 Å². The normalized spacial score (nSPS) is 44.1. The van der Waals surface area contributed by atoms with Crippen LogP contribution in [-0.4, -0.2) is 17.2 Å². The molecular formula is C14H11NO5. The van der Waals surface area contributed by atoms with Crippen LogP contribution in [0.2, 0.25) is 0 Å². The highest BCUT2D eigenvalue weighted by atomic mass is 16.7. The Bertz CT molecular complexity index is 597. The molecule has 1 aromatic carbocycles. The van der Waals surface area contributed by atoms with Crippen molar-refractivity contribution in [3.8, 4) is 5.75 Å². The number of carbonyl (C=O) groups excluding carboxylic acids is 1. The minimum atomic E-state index is -0.693. The van der Waals surface area contributed by atoms with E-state index < -0.39 is 11.1 Å². The topological polar surface area (TPSA) is 78.7 Å². The van der Waals surface area contributed by atoms with Gasteiger partial charge in [0, 0.05) is 24.0 Å². The van der Waals surface area contributed by atoms with Crippen LogP contribution in [0.1, 0.15) is 0 Å². The van der Waals surface area contributed by atoms with Crippen molar-refractivity contribution in [3.63, 3.8) is 0 Å². The van der Waals surface area contributed by atoms with Crippen molar-refractivity contribution in [2.45, 2.75) is 6.10 Å². The molecule has 5 fully saturated rings. The van der Waals surface area contributed by atoms with Crippen LogP contribution < -0.4 is 4.74 Å². The van der Waals surface area contributed by atoms with E-state index in [1.165, 1.54) is 24.3 Å². The van der Waals surface area contributed by atoms with Crippen molar-refractivity contribution < 1.29 is 19.2 Å². The average Bonchev–Trinajstić information content (AvgIpc) is 3.14. The first-order valence-corrected chi connectivity index (χ1v) is 6.80. The van der Waals surface area contributed by atoms with E-state index in [1.807, 2.05) is 0 Å². The molecule has 0 saturated heterocycles. The van der Waals surface area contributed by atoms with Gasteiger partial charge in [-0.05, 0) is 35.8 Å². The van der Waals surface area contributed by atoms with Gasteiger partial charge in [-0.3, -0.25) is 10.1 Å². The standard InChI is InChI=1S/C14H11NO5/c16-14(19-6-3-1-5(2-4-6)15(17)18)20-13-11-7-8(11)10-9(7)12(10)13/h1-4,7-13H. The van der Waals surface area contributed by atoms with Gasteiger partial charge in [0.15, 0.2) is 0 Å². The highest BCUT2D eigenvalue weighted by molar-refractivity contribution is 5.65. The predicted octanol–water partition coefficient (Wildman–Crippen LogP) is 2.23. The predicted molar refractivity (Wildman–Crippen MR) is 64.9 cm³/mol. The lowest BCUT2D eigenvalue weighted by Crippen LogP contribution is -2.22. The lowest BCUT2D eigenvalue weighted by molar-refractivity contribution is -0.384. The Labute approximate surface area is 113 Å². The highest BCUT2D eigenvalue weighted by Crippen LogP contribution is 2.92. The second kappa shape index (κ2) is 3.13. The molecule has 2 bridgehead atoms. The molecule has 1 aromatic rings. The fourth-order valence-electron chi connectivity index (χ4n) is 4.83. The Morgan fingerprint density at radius 1 is 1.00 bits per heavy atom. The Morgan fingerprint density at radius 2 is 1.55 bits per heavy atom. The van der Waals surface area contributed by atoms with E-state index in [0.717, 1.165) is 23.7 Å². The lowest BCUT2D eigenvalue weighted by atomic mass is 10.0. The summed E-state index contributed by atoms with van der Waals surface area (Å²) in [7, 11) is 0. The minimum absolute atomic E-state index is 0.0354. The summed E-state index contributed by atoms with van der Waals surface area (Å²) in [5.74, 6) is 4.80. The molecule has 20 heavy (non-hydrogen) atoms. The van der Waals surface area contributed by atoms with Crippen molar-refractivity contribution >= 4 is 11.8 Å². The average molecular weight is 273 g/mol. The third-order valence-corrected chi connectivity index (χ3v) is 5.51. The van der Waals surface area contributed by atoms with Crippen LogP contribution in [0, 0.1) is 45.6 Å². The lowest BCUT2D eigenvalue weighted by Gasteiger charge is -2.12. The Morgan fingerprint density at radius 3 is 2.05 bits per heavy atom. The van der Waals surface area contributed by atoms with Crippen molar-refractivity contribution in [1.29, 1.82) is 0 Å². The number of rotatable bonds is 3. The summed E-state index contributed by atoms with van der Waals surface area (Å²) in [4.78, 5) is 21.8. The molecule has 6 rings (SSSR count). The zero-order valence-electron chi connectivity index (χ0n) is 10.3. The smallest absolute Gasteiger partial charge is 0.430 e. The molecule has 0 atom stereocenters. The van der Waals surface area contributed by atoms with Gasteiger partial charge in [-0.2, -0.15) is 0 Å². The molecule has 0 N–H and O–H groups in total. The van der Waals surface area contributed by atoms with Crippen LogP contribution in [0.3, 0.4) is 0 Å². The van der Waals surface area contributed by atoms with Gasteiger partial charge in [0.25, 0.3) is 5.69 Å². The zero-order valence-corrected chi connectivity index (χ0v) is 10.3. The van der Waals surface area contributed by atoms with E-state index in [0.29, 0.717) is 11.8 Å². The number of ether oxygens (including phenoxy) is 2. The molecule has 0 amide bonds. The summed E-state index contributed by atoms with van der Waals surface area (Å²) in [5.41, 5.74) is -0.0354. The zero-order chi connectivity index (χ0) is 13.6. The Kier molecular flexibility index (Phi) is 1.67. The molecular weight excluding hydrogens is 262 g/mol. The van der Waals surface area contributed by atoms with Crippen LogP contribution in [0.15, 0.2) is 24.3 Å². The molecule has 0 aliphatic heterocycles. The van der Waals surface area contributed by atoms with Gasteiger partial charge < -0.3 is 9.47 Å². The minimum Gasteiger partial charge on any atom is -0.430 e. The fraction of sp³-hybridized carbons (Fsp3) is 0.500. The number of hydrogen-bond acceptors (Lipinski definition) is 5. The van der Waals surface area contributed by atoms with Gasteiger partial charge in [-0.1, -0.05) is 0 Å². The third kappa shape index (κ3) is 1.13. The summed E-state index contributed by atoms with van der Waals surface area (Å²) in [6.07, 6.45) is -0.632. The molecule has 5 saturated carbocycles. The van der Waals surface area contributed by atoms with Gasteiger partial charge >= 0.3 is 6.16 Å². The number of non-ortho nitro benzene ring substituents is 1. The first-order chi connectivity index (χ1) is 9.66. The molecule has 5 aliphatic rings. The maximum absolute atomic E-state index is 11.7. The van der Waals surface area contributed by atoms with Crippen LogP contribution in [-0.2, 0) is 4.74 Å². The second-order valence-corrected chi connectivity index (χ2v) is 6.15. The van der Waals surface area contributed by atoms with Crippen LogP contribution >= 0.6 is 0 Å². The van der Waals surface area contributed by atoms with Gasteiger partial charge in [0.2, 0.25) is 0 Å². The molecule has 102 valence electrons. The van der Waals surface area contributed by atoms with Gasteiger partial charge in [0.05, 0.1) is 4.92 Å². The maximum atomic E-state index is 11.7. The van der Waals surface area contributed by atoms with E-state index >= 15 is 0 Å². The highest BCUT2D eigenvalue weighted by Gasteiger charge is 2.93. The van der Waals surface area contributed by atoms with E-state index in [2.05, 4.69) is 0 Å². The van der Waals surface area contributed by atoms with E-state index in [-0.39, 0.29) is 17.5 Å². The quantitative estimate of drug-likeness (QED) is 0.365. The first-order valence-electron chi connectivity index (χ1n) is 6.80. The number of nitro benzene ring substituents is 1.